The van der Waals surface area contributed by atoms with Crippen LogP contribution in [0, 0.1) is 5.92 Å². The molecule has 3 nitrogen and oxygen atoms in total. The van der Waals surface area contributed by atoms with E-state index in [0.29, 0.717) is 13.2 Å². The topological polar surface area (TPSA) is 29.5 Å². The Hall–Kier alpha value is -1.77. The quantitative estimate of drug-likeness (QED) is 0.791. The van der Waals surface area contributed by atoms with Crippen LogP contribution >= 0.6 is 0 Å². The van der Waals surface area contributed by atoms with Gasteiger partial charge in [0.1, 0.15) is 0 Å². The zero-order chi connectivity index (χ0) is 13.5. The first-order valence-corrected chi connectivity index (χ1v) is 6.23. The van der Waals surface area contributed by atoms with Gasteiger partial charge in [0.15, 0.2) is 0 Å². The molecule has 0 N–H and O–H groups in total. The summed E-state index contributed by atoms with van der Waals surface area (Å²) in [6, 6.07) is 9.84. The van der Waals surface area contributed by atoms with E-state index in [1.54, 1.807) is 11.8 Å². The summed E-state index contributed by atoms with van der Waals surface area (Å²) in [5, 5.41) is 0. The van der Waals surface area contributed by atoms with Gasteiger partial charge in [0.2, 0.25) is 0 Å². The van der Waals surface area contributed by atoms with Gasteiger partial charge in [0.25, 0.3) is 0 Å². The van der Waals surface area contributed by atoms with Crippen LogP contribution < -0.4 is 0 Å². The number of hydrogen-bond donors (Lipinski definition) is 0. The molecule has 0 fully saturated rings. The Morgan fingerprint density at radius 1 is 1.33 bits per heavy atom. The average Bonchev–Trinajstić information content (AvgIpc) is 2.36. The van der Waals surface area contributed by atoms with Crippen LogP contribution in [-0.2, 0) is 11.3 Å². The van der Waals surface area contributed by atoms with Crippen LogP contribution in [0.25, 0.3) is 0 Å². The van der Waals surface area contributed by atoms with Crippen LogP contribution in [0.1, 0.15) is 26.3 Å². The zero-order valence-electron chi connectivity index (χ0n) is 11.3. The van der Waals surface area contributed by atoms with Crippen molar-refractivity contribution in [1.29, 1.82) is 0 Å². The summed E-state index contributed by atoms with van der Waals surface area (Å²) in [5.41, 5.74) is 1.84. The van der Waals surface area contributed by atoms with Crippen molar-refractivity contribution < 1.29 is 9.53 Å². The Morgan fingerprint density at radius 2 is 1.94 bits per heavy atom. The van der Waals surface area contributed by atoms with E-state index >= 15 is 0 Å². The molecule has 0 aliphatic rings. The highest BCUT2D eigenvalue weighted by Gasteiger charge is 2.20. The molecule has 0 radical (unpaired) electrons. The van der Waals surface area contributed by atoms with Crippen molar-refractivity contribution >= 4 is 6.09 Å². The van der Waals surface area contributed by atoms with Gasteiger partial charge in [-0.15, -0.1) is 0 Å². The normalized spacial score (nSPS) is 10.2. The molecule has 0 heterocycles. The van der Waals surface area contributed by atoms with Gasteiger partial charge in [-0.05, 0) is 18.4 Å². The minimum atomic E-state index is -0.333. The van der Waals surface area contributed by atoms with Crippen molar-refractivity contribution in [3.63, 3.8) is 0 Å². The molecule has 0 saturated heterocycles. The monoisotopic (exact) mass is 247 g/mol. The van der Waals surface area contributed by atoms with Gasteiger partial charge in [0.05, 0.1) is 13.2 Å². The Labute approximate surface area is 109 Å². The van der Waals surface area contributed by atoms with E-state index in [1.807, 2.05) is 44.2 Å². The van der Waals surface area contributed by atoms with E-state index in [9.17, 15) is 4.79 Å². The third-order valence-corrected chi connectivity index (χ3v) is 2.68. The molecule has 3 heteroatoms. The maximum Gasteiger partial charge on any atom is 0.414 e. The standard InChI is InChI=1S/C15H21NO2/c1-5-18-15(17)16(13(4)12(2)3)11-14-9-7-6-8-10-14/h6-10,12H,4-5,11H2,1-3H3. The molecule has 0 spiro atoms. The second kappa shape index (κ2) is 6.84. The van der Waals surface area contributed by atoms with E-state index < -0.39 is 0 Å². The fourth-order valence-electron chi connectivity index (χ4n) is 1.56. The molecule has 1 amide bonds. The molecule has 0 bridgehead atoms. The van der Waals surface area contributed by atoms with Gasteiger partial charge in [-0.3, -0.25) is 4.90 Å². The number of carbonyl (C=O) groups excluding carboxylic acids is 1. The number of allylic oxidation sites excluding steroid dienone is 1. The summed E-state index contributed by atoms with van der Waals surface area (Å²) in [5.74, 6) is 0.207. The number of rotatable bonds is 5. The average molecular weight is 247 g/mol. The summed E-state index contributed by atoms with van der Waals surface area (Å²) < 4.78 is 5.07. The van der Waals surface area contributed by atoms with Gasteiger partial charge in [0, 0.05) is 5.70 Å². The fourth-order valence-corrected chi connectivity index (χ4v) is 1.56. The Bertz CT molecular complexity index is 398. The predicted molar refractivity (Wildman–Crippen MR) is 73.0 cm³/mol. The van der Waals surface area contributed by atoms with Crippen LogP contribution in [0.2, 0.25) is 0 Å². The van der Waals surface area contributed by atoms with Gasteiger partial charge in [-0.2, -0.15) is 0 Å². The molecule has 98 valence electrons. The highest BCUT2D eigenvalue weighted by molar-refractivity contribution is 5.70. The fraction of sp³-hybridized carbons (Fsp3) is 0.400. The maximum atomic E-state index is 11.9. The Balaban J connectivity index is 2.84. The van der Waals surface area contributed by atoms with E-state index in [0.717, 1.165) is 11.3 Å². The highest BCUT2D eigenvalue weighted by Crippen LogP contribution is 2.18. The molecule has 0 aromatic heterocycles. The summed E-state index contributed by atoms with van der Waals surface area (Å²) in [7, 11) is 0. The molecule has 0 atom stereocenters. The van der Waals surface area contributed by atoms with Crippen molar-refractivity contribution in [2.24, 2.45) is 5.92 Å². The molecule has 0 unspecified atom stereocenters. The van der Waals surface area contributed by atoms with Crippen LogP contribution in [0.15, 0.2) is 42.6 Å². The van der Waals surface area contributed by atoms with Crippen molar-refractivity contribution in [3.05, 3.63) is 48.2 Å². The first-order chi connectivity index (χ1) is 8.56. The smallest absolute Gasteiger partial charge is 0.414 e. The number of benzene rings is 1. The van der Waals surface area contributed by atoms with E-state index in [-0.39, 0.29) is 12.0 Å². The SMILES string of the molecule is C=C(C(C)C)N(Cc1ccccc1)C(=O)OCC. The predicted octanol–water partition coefficient (Wildman–Crippen LogP) is 3.81. The van der Waals surface area contributed by atoms with Crippen LogP contribution in [0.3, 0.4) is 0 Å². The lowest BCUT2D eigenvalue weighted by Crippen LogP contribution is -2.32. The second-order valence-electron chi connectivity index (χ2n) is 4.42. The number of ether oxygens (including phenoxy) is 1. The summed E-state index contributed by atoms with van der Waals surface area (Å²) >= 11 is 0. The Morgan fingerprint density at radius 3 is 2.44 bits per heavy atom. The number of hydrogen-bond acceptors (Lipinski definition) is 2. The highest BCUT2D eigenvalue weighted by atomic mass is 16.6. The molecule has 18 heavy (non-hydrogen) atoms. The third-order valence-electron chi connectivity index (χ3n) is 2.68. The molecular formula is C15H21NO2. The van der Waals surface area contributed by atoms with Crippen LogP contribution in [0.5, 0.6) is 0 Å². The molecular weight excluding hydrogens is 226 g/mol. The summed E-state index contributed by atoms with van der Waals surface area (Å²) in [6.07, 6.45) is -0.333. The summed E-state index contributed by atoms with van der Waals surface area (Å²) in [6.45, 7) is 10.7. The molecule has 1 aromatic rings. The molecule has 0 aliphatic carbocycles. The van der Waals surface area contributed by atoms with Gasteiger partial charge >= 0.3 is 6.09 Å². The number of carbonyl (C=O) groups is 1. The Kier molecular flexibility index (Phi) is 5.43. The van der Waals surface area contributed by atoms with Gasteiger partial charge in [-0.1, -0.05) is 50.8 Å². The zero-order valence-corrected chi connectivity index (χ0v) is 11.3. The largest absolute Gasteiger partial charge is 0.449 e. The second-order valence-corrected chi connectivity index (χ2v) is 4.42. The van der Waals surface area contributed by atoms with Crippen LogP contribution in [-0.4, -0.2) is 17.6 Å². The molecule has 0 aliphatic heterocycles. The van der Waals surface area contributed by atoms with Crippen molar-refractivity contribution in [3.8, 4) is 0 Å². The first kappa shape index (κ1) is 14.3. The van der Waals surface area contributed by atoms with Crippen LogP contribution in [0.4, 0.5) is 4.79 Å². The lowest BCUT2D eigenvalue weighted by Gasteiger charge is -2.26. The van der Waals surface area contributed by atoms with E-state index in [2.05, 4.69) is 6.58 Å². The molecule has 0 saturated carbocycles. The molecule has 1 rings (SSSR count). The first-order valence-electron chi connectivity index (χ1n) is 6.23. The minimum absolute atomic E-state index is 0.207. The third kappa shape index (κ3) is 3.91. The lowest BCUT2D eigenvalue weighted by molar-refractivity contribution is 0.113. The van der Waals surface area contributed by atoms with Crippen molar-refractivity contribution in [2.75, 3.05) is 6.61 Å². The maximum absolute atomic E-state index is 11.9. The minimum Gasteiger partial charge on any atom is -0.449 e. The van der Waals surface area contributed by atoms with Gasteiger partial charge in [-0.25, -0.2) is 4.79 Å². The molecule has 1 aromatic carbocycles. The van der Waals surface area contributed by atoms with Crippen molar-refractivity contribution in [2.45, 2.75) is 27.3 Å². The van der Waals surface area contributed by atoms with E-state index in [4.69, 9.17) is 4.74 Å². The summed E-state index contributed by atoms with van der Waals surface area (Å²) in [4.78, 5) is 13.5. The lowest BCUT2D eigenvalue weighted by atomic mass is 10.1. The number of nitrogens with zero attached hydrogens (tertiary/aromatic N) is 1. The van der Waals surface area contributed by atoms with Gasteiger partial charge < -0.3 is 4.74 Å². The van der Waals surface area contributed by atoms with Crippen molar-refractivity contribution in [1.82, 2.24) is 4.90 Å². The van der Waals surface area contributed by atoms with E-state index in [1.165, 1.54) is 0 Å². The number of amides is 1.